The molecule has 0 atom stereocenters. The van der Waals surface area contributed by atoms with Gasteiger partial charge in [0.15, 0.2) is 17.3 Å². The van der Waals surface area contributed by atoms with Crippen LogP contribution < -0.4 is 9.47 Å². The van der Waals surface area contributed by atoms with Gasteiger partial charge in [0, 0.05) is 5.56 Å². The molecule has 1 amide bonds. The Morgan fingerprint density at radius 2 is 1.94 bits per heavy atom. The van der Waals surface area contributed by atoms with E-state index in [4.69, 9.17) is 14.9 Å². The second-order valence-corrected chi connectivity index (χ2v) is 11.5. The van der Waals surface area contributed by atoms with Crippen molar-refractivity contribution in [2.45, 2.75) is 20.5 Å². The number of ether oxygens (including phenoxy) is 2. The number of benzene rings is 2. The number of halogens is 1. The number of aliphatic imine (C=N–C) groups is 1. The Morgan fingerprint density at radius 1 is 1.19 bits per heavy atom. The minimum Gasteiger partial charge on any atom is -0.493 e. The molecular weight excluding hydrogens is 507 g/mol. The summed E-state index contributed by atoms with van der Waals surface area (Å²) in [4.78, 5) is 16.6. The minimum atomic E-state index is -3.67. The van der Waals surface area contributed by atoms with Crippen molar-refractivity contribution >= 4 is 49.0 Å². The summed E-state index contributed by atoms with van der Waals surface area (Å²) >= 11 is 0.758. The number of thioether (sulfide) groups is 1. The zero-order chi connectivity index (χ0) is 26.0. The van der Waals surface area contributed by atoms with Gasteiger partial charge in [-0.25, -0.2) is 12.8 Å². The van der Waals surface area contributed by atoms with E-state index in [0.717, 1.165) is 16.8 Å². The van der Waals surface area contributed by atoms with E-state index < -0.39 is 15.7 Å². The number of nitrogens with zero attached hydrogens (tertiary/aromatic N) is 3. The summed E-state index contributed by atoms with van der Waals surface area (Å²) < 4.78 is 49.9. The Hall–Kier alpha value is -3.51. The number of nitrogens with one attached hydrogen (secondary N) is 1. The molecule has 0 fully saturated rings. The SMILES string of the molecule is COc1cc(/C=C2\C(=N)N3N=C(S(=O)(=O)CC(C)C)SC3=NC2=O)ccc1OCc1ccccc1F. The van der Waals surface area contributed by atoms with Crippen LogP contribution in [0.1, 0.15) is 25.0 Å². The van der Waals surface area contributed by atoms with E-state index in [1.54, 1.807) is 50.2 Å². The van der Waals surface area contributed by atoms with Gasteiger partial charge in [-0.1, -0.05) is 38.1 Å². The van der Waals surface area contributed by atoms with Crippen molar-refractivity contribution in [3.8, 4) is 11.5 Å². The van der Waals surface area contributed by atoms with Gasteiger partial charge in [-0.2, -0.15) is 10.0 Å². The molecule has 9 nitrogen and oxygen atoms in total. The van der Waals surface area contributed by atoms with Crippen LogP contribution >= 0.6 is 11.8 Å². The van der Waals surface area contributed by atoms with Crippen molar-refractivity contribution in [3.05, 3.63) is 65.0 Å². The lowest BCUT2D eigenvalue weighted by Gasteiger charge is -2.20. The van der Waals surface area contributed by atoms with Crippen molar-refractivity contribution in [2.75, 3.05) is 12.9 Å². The predicted molar refractivity (Wildman–Crippen MR) is 137 cm³/mol. The second kappa shape index (κ2) is 10.2. The zero-order valence-electron chi connectivity index (χ0n) is 19.7. The number of rotatable bonds is 7. The fourth-order valence-electron chi connectivity index (χ4n) is 3.44. The molecule has 2 aliphatic heterocycles. The lowest BCUT2D eigenvalue weighted by Crippen LogP contribution is -2.35. The maximum absolute atomic E-state index is 13.9. The summed E-state index contributed by atoms with van der Waals surface area (Å²) in [6, 6.07) is 11.1. The number of hydrogen-bond donors (Lipinski definition) is 1. The Bertz CT molecular complexity index is 1430. The molecule has 36 heavy (non-hydrogen) atoms. The van der Waals surface area contributed by atoms with Gasteiger partial charge in [0.2, 0.25) is 19.4 Å². The van der Waals surface area contributed by atoms with Crippen molar-refractivity contribution in [1.29, 1.82) is 5.41 Å². The lowest BCUT2D eigenvalue weighted by molar-refractivity contribution is -0.114. The van der Waals surface area contributed by atoms with E-state index in [2.05, 4.69) is 10.1 Å². The number of amidine groups is 2. The number of carbonyl (C=O) groups excluding carboxylic acids is 1. The molecule has 0 radical (unpaired) electrons. The molecule has 2 heterocycles. The first kappa shape index (κ1) is 25.6. The largest absolute Gasteiger partial charge is 0.493 e. The van der Waals surface area contributed by atoms with E-state index in [0.29, 0.717) is 22.6 Å². The first-order chi connectivity index (χ1) is 17.1. The Labute approximate surface area is 212 Å². The zero-order valence-corrected chi connectivity index (χ0v) is 21.3. The van der Waals surface area contributed by atoms with Crippen LogP contribution in [0.15, 0.2) is 58.1 Å². The minimum absolute atomic E-state index is 0.00320. The van der Waals surface area contributed by atoms with E-state index >= 15 is 0 Å². The molecule has 0 aliphatic carbocycles. The third-order valence-corrected chi connectivity index (χ3v) is 8.53. The van der Waals surface area contributed by atoms with Crippen LogP contribution in [0.5, 0.6) is 11.5 Å². The average molecular weight is 531 g/mol. The summed E-state index contributed by atoms with van der Waals surface area (Å²) in [5.41, 5.74) is 0.840. The molecule has 1 N–H and O–H groups in total. The van der Waals surface area contributed by atoms with Gasteiger partial charge < -0.3 is 9.47 Å². The quantitative estimate of drug-likeness (QED) is 0.536. The molecule has 188 valence electrons. The Balaban J connectivity index is 1.57. The van der Waals surface area contributed by atoms with Gasteiger partial charge in [-0.05, 0) is 47.5 Å². The molecule has 0 aromatic heterocycles. The lowest BCUT2D eigenvalue weighted by atomic mass is 10.1. The molecule has 4 rings (SSSR count). The molecular formula is C24H23FN4O5S2. The highest BCUT2D eigenvalue weighted by Crippen LogP contribution is 2.33. The van der Waals surface area contributed by atoms with E-state index in [-0.39, 0.29) is 45.0 Å². The van der Waals surface area contributed by atoms with E-state index in [1.165, 1.54) is 19.3 Å². The highest BCUT2D eigenvalue weighted by Gasteiger charge is 2.39. The third kappa shape index (κ3) is 5.34. The number of amides is 1. The van der Waals surface area contributed by atoms with Gasteiger partial charge in [-0.3, -0.25) is 10.2 Å². The average Bonchev–Trinajstić information content (AvgIpc) is 3.26. The number of carbonyl (C=O) groups is 1. The Morgan fingerprint density at radius 3 is 2.64 bits per heavy atom. The summed E-state index contributed by atoms with van der Waals surface area (Å²) in [7, 11) is -2.22. The second-order valence-electron chi connectivity index (χ2n) is 8.35. The van der Waals surface area contributed by atoms with Crippen molar-refractivity contribution in [3.63, 3.8) is 0 Å². The fraction of sp³-hybridized carbons (Fsp3) is 0.250. The summed E-state index contributed by atoms with van der Waals surface area (Å²) in [5.74, 6) is -0.848. The highest BCUT2D eigenvalue weighted by molar-refractivity contribution is 8.42. The molecule has 0 saturated heterocycles. The number of methoxy groups -OCH3 is 1. The Kier molecular flexibility index (Phi) is 7.27. The fourth-order valence-corrected chi connectivity index (χ4v) is 6.23. The van der Waals surface area contributed by atoms with Crippen LogP contribution in [0, 0.1) is 17.1 Å². The predicted octanol–water partition coefficient (Wildman–Crippen LogP) is 4.06. The van der Waals surface area contributed by atoms with Gasteiger partial charge in [0.05, 0.1) is 18.4 Å². The number of hydrogen-bond acceptors (Lipinski definition) is 8. The maximum Gasteiger partial charge on any atom is 0.283 e. The van der Waals surface area contributed by atoms with Crippen LogP contribution in [0.25, 0.3) is 6.08 Å². The molecule has 2 aromatic carbocycles. The van der Waals surface area contributed by atoms with E-state index in [1.807, 2.05) is 0 Å². The maximum atomic E-state index is 13.9. The van der Waals surface area contributed by atoms with Crippen LogP contribution in [0.2, 0.25) is 0 Å². The topological polar surface area (TPSA) is 121 Å². The van der Waals surface area contributed by atoms with Gasteiger partial charge in [-0.15, -0.1) is 5.10 Å². The number of sulfone groups is 1. The van der Waals surface area contributed by atoms with Crippen LogP contribution in [0.3, 0.4) is 0 Å². The van der Waals surface area contributed by atoms with Crippen LogP contribution in [-0.2, 0) is 21.2 Å². The van der Waals surface area contributed by atoms with Crippen molar-refractivity contribution < 1.29 is 27.1 Å². The first-order valence-electron chi connectivity index (χ1n) is 10.9. The molecule has 2 aliphatic rings. The first-order valence-corrected chi connectivity index (χ1v) is 13.3. The monoisotopic (exact) mass is 530 g/mol. The summed E-state index contributed by atoms with van der Waals surface area (Å²) in [6.07, 6.45) is 1.44. The van der Waals surface area contributed by atoms with Crippen LogP contribution in [0.4, 0.5) is 4.39 Å². The molecule has 0 bridgehead atoms. The molecule has 0 spiro atoms. The van der Waals surface area contributed by atoms with E-state index in [9.17, 15) is 17.6 Å². The van der Waals surface area contributed by atoms with Gasteiger partial charge >= 0.3 is 0 Å². The third-order valence-electron chi connectivity index (χ3n) is 5.09. The normalized spacial score (nSPS) is 16.8. The highest BCUT2D eigenvalue weighted by atomic mass is 32.3. The van der Waals surface area contributed by atoms with Crippen molar-refractivity contribution in [1.82, 2.24) is 5.01 Å². The molecule has 2 aromatic rings. The molecule has 0 unspecified atom stereocenters. The summed E-state index contributed by atoms with van der Waals surface area (Å²) in [6.45, 7) is 3.55. The van der Waals surface area contributed by atoms with Crippen molar-refractivity contribution in [2.24, 2.45) is 16.0 Å². The molecule has 12 heteroatoms. The summed E-state index contributed by atoms with van der Waals surface area (Å²) in [5, 5.41) is 13.6. The van der Waals surface area contributed by atoms with Crippen LogP contribution in [-0.4, -0.2) is 47.6 Å². The number of fused-ring (bicyclic) bond motifs is 1. The van der Waals surface area contributed by atoms with Gasteiger partial charge in [0.1, 0.15) is 12.4 Å². The van der Waals surface area contributed by atoms with Gasteiger partial charge in [0.25, 0.3) is 5.91 Å². The number of hydrazone groups is 1. The smallest absolute Gasteiger partial charge is 0.283 e. The molecule has 0 saturated carbocycles. The standard InChI is InChI=1S/C24H23FN4O5S2/c1-14(2)13-36(31,32)24-28-29-21(26)17(22(30)27-23(29)35-24)10-15-8-9-19(20(11-15)33-3)34-12-16-6-4-5-7-18(16)25/h4-11,14,26H,12-13H2,1-3H3/b17-10+,26-21?.